The second kappa shape index (κ2) is 9.52. The Bertz CT molecular complexity index is 742. The van der Waals surface area contributed by atoms with Crippen molar-refractivity contribution in [3.8, 4) is 0 Å². The lowest BCUT2D eigenvalue weighted by Gasteiger charge is -2.32. The van der Waals surface area contributed by atoms with E-state index in [1.54, 1.807) is 0 Å². The van der Waals surface area contributed by atoms with Crippen molar-refractivity contribution < 1.29 is 28.5 Å². The summed E-state index contributed by atoms with van der Waals surface area (Å²) in [5.41, 5.74) is -1.96. The van der Waals surface area contributed by atoms with Gasteiger partial charge in [-0.3, -0.25) is 4.79 Å². The lowest BCUT2D eigenvalue weighted by molar-refractivity contribution is -0.146. The van der Waals surface area contributed by atoms with Crippen molar-refractivity contribution in [2.45, 2.75) is 38.3 Å². The van der Waals surface area contributed by atoms with Crippen LogP contribution in [0.3, 0.4) is 0 Å². The molecule has 0 amide bonds. The number of halogens is 2. The molecular formula is C18H23F2N3O4. The Balaban J connectivity index is 2.24. The van der Waals surface area contributed by atoms with Crippen LogP contribution < -0.4 is 0 Å². The highest BCUT2D eigenvalue weighted by atomic mass is 19.1. The van der Waals surface area contributed by atoms with Crippen LogP contribution in [0.4, 0.5) is 8.78 Å². The average molecular weight is 383 g/mol. The first kappa shape index (κ1) is 20.9. The summed E-state index contributed by atoms with van der Waals surface area (Å²) in [5.74, 6) is -2.75. The molecule has 27 heavy (non-hydrogen) atoms. The van der Waals surface area contributed by atoms with E-state index in [2.05, 4.69) is 10.1 Å². The van der Waals surface area contributed by atoms with Crippen LogP contribution in [-0.2, 0) is 21.7 Å². The lowest BCUT2D eigenvalue weighted by atomic mass is 9.84. The first-order valence-corrected chi connectivity index (χ1v) is 8.64. The molecule has 0 aliphatic carbocycles. The Morgan fingerprint density at radius 1 is 1.41 bits per heavy atom. The van der Waals surface area contributed by atoms with Crippen molar-refractivity contribution in [3.63, 3.8) is 0 Å². The molecule has 1 aromatic carbocycles. The number of aromatic nitrogens is 3. The van der Waals surface area contributed by atoms with Gasteiger partial charge in [-0.1, -0.05) is 13.0 Å². The molecule has 9 heteroatoms. The fraction of sp³-hybridized carbons (Fsp3) is 0.500. The van der Waals surface area contributed by atoms with E-state index in [1.807, 2.05) is 6.92 Å². The van der Waals surface area contributed by atoms with Gasteiger partial charge in [0.15, 0.2) is 0 Å². The molecule has 2 aromatic rings. The molecule has 0 aliphatic rings. The molecule has 7 nitrogen and oxygen atoms in total. The summed E-state index contributed by atoms with van der Waals surface area (Å²) in [5, 5.41) is 24.7. The molecule has 2 rings (SSSR count). The first-order chi connectivity index (χ1) is 12.9. The summed E-state index contributed by atoms with van der Waals surface area (Å²) in [7, 11) is 0. The van der Waals surface area contributed by atoms with Crippen LogP contribution >= 0.6 is 0 Å². The summed E-state index contributed by atoms with van der Waals surface area (Å²) in [6.45, 7) is 1.15. The van der Waals surface area contributed by atoms with E-state index < -0.39 is 29.1 Å². The van der Waals surface area contributed by atoms with Gasteiger partial charge in [-0.25, -0.2) is 18.4 Å². The number of aliphatic hydroxyl groups is 2. The average Bonchev–Trinajstić information content (AvgIpc) is 3.11. The zero-order valence-corrected chi connectivity index (χ0v) is 15.0. The van der Waals surface area contributed by atoms with E-state index in [0.29, 0.717) is 12.5 Å². The van der Waals surface area contributed by atoms with Crippen LogP contribution in [0.25, 0.3) is 0 Å². The maximum atomic E-state index is 14.4. The van der Waals surface area contributed by atoms with E-state index in [1.165, 1.54) is 17.3 Å². The highest BCUT2D eigenvalue weighted by Gasteiger charge is 2.36. The van der Waals surface area contributed by atoms with Gasteiger partial charge in [0.2, 0.25) is 0 Å². The molecule has 0 saturated carbocycles. The van der Waals surface area contributed by atoms with Crippen molar-refractivity contribution in [1.82, 2.24) is 14.8 Å². The number of hydrogen-bond donors (Lipinski definition) is 2. The van der Waals surface area contributed by atoms with Gasteiger partial charge >= 0.3 is 5.97 Å². The van der Waals surface area contributed by atoms with Crippen molar-refractivity contribution in [1.29, 1.82) is 0 Å². The van der Waals surface area contributed by atoms with Crippen LogP contribution in [0.2, 0.25) is 0 Å². The third-order valence-electron chi connectivity index (χ3n) is 4.14. The Morgan fingerprint density at radius 2 is 2.19 bits per heavy atom. The maximum absolute atomic E-state index is 14.4. The number of hydrogen-bond acceptors (Lipinski definition) is 6. The number of rotatable bonds is 10. The summed E-state index contributed by atoms with van der Waals surface area (Å²) in [6, 6.07) is 2.87. The molecule has 0 fully saturated rings. The van der Waals surface area contributed by atoms with Gasteiger partial charge < -0.3 is 14.9 Å². The Kier molecular flexibility index (Phi) is 7.37. The molecule has 1 aromatic heterocycles. The minimum Gasteiger partial charge on any atom is -0.465 e. The number of ether oxygens (including phenoxy) is 1. The number of carbonyl (C=O) groups is 1. The second-order valence-electron chi connectivity index (χ2n) is 6.43. The third-order valence-corrected chi connectivity index (χ3v) is 4.14. The number of carbonyl (C=O) groups excluding carboxylic acids is 1. The Hall–Kier alpha value is -2.39. The third kappa shape index (κ3) is 5.80. The van der Waals surface area contributed by atoms with Crippen LogP contribution in [0.1, 0.15) is 31.7 Å². The van der Waals surface area contributed by atoms with Gasteiger partial charge in [-0.2, -0.15) is 5.10 Å². The van der Waals surface area contributed by atoms with Gasteiger partial charge in [0, 0.05) is 30.6 Å². The van der Waals surface area contributed by atoms with Gasteiger partial charge in [-0.05, 0) is 18.9 Å². The quantitative estimate of drug-likeness (QED) is 0.607. The largest absolute Gasteiger partial charge is 0.465 e. The fourth-order valence-electron chi connectivity index (χ4n) is 2.85. The Labute approximate surface area is 155 Å². The summed E-state index contributed by atoms with van der Waals surface area (Å²) >= 11 is 0. The predicted octanol–water partition coefficient (Wildman–Crippen LogP) is 1.79. The molecule has 1 heterocycles. The number of esters is 1. The van der Waals surface area contributed by atoms with E-state index in [0.717, 1.165) is 12.1 Å². The molecule has 0 saturated heterocycles. The van der Waals surface area contributed by atoms with E-state index >= 15 is 0 Å². The van der Waals surface area contributed by atoms with E-state index in [-0.39, 0.29) is 38.2 Å². The predicted molar refractivity (Wildman–Crippen MR) is 91.3 cm³/mol. The summed E-state index contributed by atoms with van der Waals surface area (Å²) < 4.78 is 34.0. The lowest BCUT2D eigenvalue weighted by Crippen LogP contribution is -2.37. The van der Waals surface area contributed by atoms with E-state index in [4.69, 9.17) is 4.74 Å². The molecular weight excluding hydrogens is 360 g/mol. The number of aliphatic hydroxyl groups excluding tert-OH is 1. The topological polar surface area (TPSA) is 97.5 Å². The molecule has 0 aliphatic heterocycles. The van der Waals surface area contributed by atoms with Crippen molar-refractivity contribution >= 4 is 5.97 Å². The first-order valence-electron chi connectivity index (χ1n) is 8.64. The molecule has 2 N–H and O–H groups in total. The minimum atomic E-state index is -1.82. The standard InChI is InChI=1S/C18H23F2N3O4/c1-2-3-17(25)27-9-13(8-24)7-18(26,10-23-12-21-11-22-23)15-5-4-14(19)6-16(15)20/h4-6,11-13,24,26H,2-3,7-10H2,1H3/t13-,18-/m0/s1. The summed E-state index contributed by atoms with van der Waals surface area (Å²) in [6.07, 6.45) is 3.35. The van der Waals surface area contributed by atoms with Crippen molar-refractivity contribution in [2.24, 2.45) is 5.92 Å². The smallest absolute Gasteiger partial charge is 0.305 e. The highest BCUT2D eigenvalue weighted by molar-refractivity contribution is 5.69. The zero-order chi connectivity index (χ0) is 19.9. The number of nitrogens with zero attached hydrogens (tertiary/aromatic N) is 3. The van der Waals surface area contributed by atoms with Crippen LogP contribution in [0.5, 0.6) is 0 Å². The zero-order valence-electron chi connectivity index (χ0n) is 15.0. The van der Waals surface area contributed by atoms with Crippen LogP contribution in [0.15, 0.2) is 30.9 Å². The number of benzene rings is 1. The molecule has 0 radical (unpaired) electrons. The minimum absolute atomic E-state index is 0.127. The van der Waals surface area contributed by atoms with Gasteiger partial charge in [-0.15, -0.1) is 0 Å². The van der Waals surface area contributed by atoms with Crippen molar-refractivity contribution in [2.75, 3.05) is 13.2 Å². The van der Waals surface area contributed by atoms with Crippen LogP contribution in [-0.4, -0.2) is 44.2 Å². The van der Waals surface area contributed by atoms with Crippen molar-refractivity contribution in [3.05, 3.63) is 48.1 Å². The Morgan fingerprint density at radius 3 is 2.78 bits per heavy atom. The second-order valence-corrected chi connectivity index (χ2v) is 6.43. The highest BCUT2D eigenvalue weighted by Crippen LogP contribution is 2.33. The summed E-state index contributed by atoms with van der Waals surface area (Å²) in [4.78, 5) is 15.3. The fourth-order valence-corrected chi connectivity index (χ4v) is 2.85. The normalized spacial score (nSPS) is 14.6. The molecule has 0 bridgehead atoms. The maximum Gasteiger partial charge on any atom is 0.305 e. The van der Waals surface area contributed by atoms with Gasteiger partial charge in [0.25, 0.3) is 0 Å². The molecule has 0 unspecified atom stereocenters. The molecule has 2 atom stereocenters. The molecule has 148 valence electrons. The SMILES string of the molecule is CCCC(=O)OC[C@H](CO)C[C@](O)(Cn1cncn1)c1ccc(F)cc1F. The van der Waals surface area contributed by atoms with Crippen LogP contribution in [0, 0.1) is 17.6 Å². The monoisotopic (exact) mass is 383 g/mol. The molecule has 0 spiro atoms. The van der Waals surface area contributed by atoms with E-state index in [9.17, 15) is 23.8 Å². The van der Waals surface area contributed by atoms with Gasteiger partial charge in [0.05, 0.1) is 13.2 Å². The van der Waals surface area contributed by atoms with Gasteiger partial charge in [0.1, 0.15) is 29.9 Å².